The highest BCUT2D eigenvalue weighted by Crippen LogP contribution is 2.35. The first-order chi connectivity index (χ1) is 9.58. The summed E-state index contributed by atoms with van der Waals surface area (Å²) in [5, 5.41) is 7.95. The Balaban J connectivity index is 2.17. The number of hydrogen-bond donors (Lipinski definition) is 1. The number of anilines is 1. The van der Waals surface area contributed by atoms with Crippen LogP contribution in [-0.4, -0.2) is 28.9 Å². The van der Waals surface area contributed by atoms with Gasteiger partial charge in [-0.05, 0) is 29.3 Å². The van der Waals surface area contributed by atoms with E-state index in [4.69, 9.17) is 4.74 Å². The van der Waals surface area contributed by atoms with Crippen molar-refractivity contribution in [3.05, 3.63) is 10.2 Å². The molecule has 1 aromatic rings. The van der Waals surface area contributed by atoms with Gasteiger partial charge in [-0.3, -0.25) is 4.79 Å². The third-order valence-electron chi connectivity index (χ3n) is 3.64. The second kappa shape index (κ2) is 6.61. The van der Waals surface area contributed by atoms with Crippen molar-refractivity contribution in [3.8, 4) is 0 Å². The van der Waals surface area contributed by atoms with Crippen LogP contribution in [0.5, 0.6) is 0 Å². The van der Waals surface area contributed by atoms with Crippen molar-refractivity contribution in [3.63, 3.8) is 0 Å². The number of carbonyl (C=O) groups excluding carboxylic acids is 1. The minimum absolute atomic E-state index is 0.152. The predicted octanol–water partition coefficient (Wildman–Crippen LogP) is 3.15. The summed E-state index contributed by atoms with van der Waals surface area (Å²) in [6.07, 6.45) is 2.24. The van der Waals surface area contributed by atoms with Crippen LogP contribution < -0.4 is 5.32 Å². The molecule has 1 aliphatic rings. The summed E-state index contributed by atoms with van der Waals surface area (Å²) in [4.78, 5) is 11.8. The summed E-state index contributed by atoms with van der Waals surface area (Å²) < 4.78 is 8.00. The van der Waals surface area contributed by atoms with Crippen molar-refractivity contribution in [1.29, 1.82) is 0 Å². The smallest absolute Gasteiger partial charge is 0.312 e. The average molecular weight is 344 g/mol. The van der Waals surface area contributed by atoms with E-state index >= 15 is 0 Å². The molecule has 0 bridgehead atoms. The fourth-order valence-corrected chi connectivity index (χ4v) is 3.37. The summed E-state index contributed by atoms with van der Waals surface area (Å²) in [5.41, 5.74) is 1.07. The van der Waals surface area contributed by atoms with Crippen LogP contribution >= 0.6 is 15.9 Å². The number of halogens is 1. The van der Waals surface area contributed by atoms with Gasteiger partial charge in [-0.25, -0.2) is 4.68 Å². The molecular formula is C14H22BrN3O2. The molecule has 1 N–H and O–H groups in total. The first kappa shape index (κ1) is 15.4. The van der Waals surface area contributed by atoms with Crippen LogP contribution in [0.15, 0.2) is 4.47 Å². The molecule has 1 aliphatic heterocycles. The van der Waals surface area contributed by atoms with Crippen molar-refractivity contribution in [1.82, 2.24) is 9.78 Å². The monoisotopic (exact) mass is 343 g/mol. The molecule has 0 saturated carbocycles. The van der Waals surface area contributed by atoms with Gasteiger partial charge >= 0.3 is 5.97 Å². The van der Waals surface area contributed by atoms with E-state index in [1.807, 2.05) is 11.6 Å². The van der Waals surface area contributed by atoms with Gasteiger partial charge in [0.2, 0.25) is 0 Å². The largest absolute Gasteiger partial charge is 0.466 e. The van der Waals surface area contributed by atoms with Crippen LogP contribution in [0.2, 0.25) is 0 Å². The third kappa shape index (κ3) is 3.00. The Morgan fingerprint density at radius 1 is 1.60 bits per heavy atom. The van der Waals surface area contributed by atoms with E-state index in [1.165, 1.54) is 0 Å². The number of rotatable bonds is 5. The van der Waals surface area contributed by atoms with Crippen molar-refractivity contribution >= 4 is 27.7 Å². The Morgan fingerprint density at radius 3 is 3.00 bits per heavy atom. The number of ether oxygens (including phenoxy) is 1. The zero-order chi connectivity index (χ0) is 14.7. The summed E-state index contributed by atoms with van der Waals surface area (Å²) in [7, 11) is 0. The van der Waals surface area contributed by atoms with Gasteiger partial charge in [0.15, 0.2) is 0 Å². The lowest BCUT2D eigenvalue weighted by Gasteiger charge is -2.23. The number of nitrogens with zero attached hydrogens (tertiary/aromatic N) is 2. The predicted molar refractivity (Wildman–Crippen MR) is 81.9 cm³/mol. The van der Waals surface area contributed by atoms with Gasteiger partial charge in [-0.1, -0.05) is 20.3 Å². The van der Waals surface area contributed by atoms with Gasteiger partial charge < -0.3 is 10.1 Å². The lowest BCUT2D eigenvalue weighted by atomic mass is 10.0. The Kier molecular flexibility index (Phi) is 5.07. The molecule has 20 heavy (non-hydrogen) atoms. The van der Waals surface area contributed by atoms with Gasteiger partial charge in [0.1, 0.15) is 5.82 Å². The second-order valence-corrected chi connectivity index (χ2v) is 6.04. The van der Waals surface area contributed by atoms with Crippen LogP contribution in [0.1, 0.15) is 45.2 Å². The van der Waals surface area contributed by atoms with Crippen LogP contribution in [0.3, 0.4) is 0 Å². The molecule has 0 radical (unpaired) electrons. The molecule has 0 saturated heterocycles. The van der Waals surface area contributed by atoms with Crippen molar-refractivity contribution in [2.75, 3.05) is 18.5 Å². The maximum absolute atomic E-state index is 11.8. The third-order valence-corrected chi connectivity index (χ3v) is 4.42. The Hall–Kier alpha value is -1.04. The number of esters is 1. The molecule has 112 valence electrons. The molecule has 0 amide bonds. The zero-order valence-corrected chi connectivity index (χ0v) is 13.9. The Morgan fingerprint density at radius 2 is 2.35 bits per heavy atom. The molecule has 0 aromatic carbocycles. The van der Waals surface area contributed by atoms with Gasteiger partial charge in [0, 0.05) is 12.5 Å². The quantitative estimate of drug-likeness (QED) is 0.834. The summed E-state index contributed by atoms with van der Waals surface area (Å²) >= 11 is 3.63. The highest BCUT2D eigenvalue weighted by Gasteiger charge is 2.29. The van der Waals surface area contributed by atoms with E-state index in [-0.39, 0.29) is 11.9 Å². The molecule has 2 heterocycles. The van der Waals surface area contributed by atoms with E-state index in [9.17, 15) is 4.79 Å². The maximum atomic E-state index is 11.8. The lowest BCUT2D eigenvalue weighted by Crippen LogP contribution is -2.34. The number of fused-ring (bicyclic) bond motifs is 1. The number of carbonyl (C=O) groups is 1. The first-order valence-electron chi connectivity index (χ1n) is 7.25. The molecule has 0 aliphatic carbocycles. The molecular weight excluding hydrogens is 322 g/mol. The van der Waals surface area contributed by atoms with Crippen LogP contribution in [-0.2, 0) is 16.1 Å². The number of hydrogen-bond acceptors (Lipinski definition) is 4. The molecule has 0 spiro atoms. The zero-order valence-electron chi connectivity index (χ0n) is 12.3. The standard InChI is InChI=1S/C14H22BrN3O2/c1-4-6-9(3)12-11(15)13-16-7-10(8-18(13)17-12)14(19)20-5-2/h9-10,16H,4-8H2,1-3H3. The minimum atomic E-state index is -0.163. The van der Waals surface area contributed by atoms with E-state index in [1.54, 1.807) is 0 Å². The van der Waals surface area contributed by atoms with E-state index in [2.05, 4.69) is 40.2 Å². The van der Waals surface area contributed by atoms with E-state index in [0.29, 0.717) is 25.6 Å². The highest BCUT2D eigenvalue weighted by atomic mass is 79.9. The van der Waals surface area contributed by atoms with E-state index in [0.717, 1.165) is 28.8 Å². The topological polar surface area (TPSA) is 56.2 Å². The van der Waals surface area contributed by atoms with Crippen molar-refractivity contribution < 1.29 is 9.53 Å². The van der Waals surface area contributed by atoms with Crippen LogP contribution in [0.25, 0.3) is 0 Å². The summed E-state index contributed by atoms with van der Waals surface area (Å²) in [6.45, 7) is 7.79. The van der Waals surface area contributed by atoms with Crippen molar-refractivity contribution in [2.45, 2.75) is 46.1 Å². The molecule has 2 rings (SSSR count). The van der Waals surface area contributed by atoms with Gasteiger partial charge in [0.05, 0.1) is 29.2 Å². The normalized spacial score (nSPS) is 19.1. The van der Waals surface area contributed by atoms with E-state index < -0.39 is 0 Å². The van der Waals surface area contributed by atoms with Crippen LogP contribution in [0.4, 0.5) is 5.82 Å². The van der Waals surface area contributed by atoms with Gasteiger partial charge in [0.25, 0.3) is 0 Å². The Bertz CT molecular complexity index is 487. The average Bonchev–Trinajstić information content (AvgIpc) is 2.76. The molecule has 5 nitrogen and oxygen atoms in total. The van der Waals surface area contributed by atoms with Gasteiger partial charge in [-0.15, -0.1) is 0 Å². The second-order valence-electron chi connectivity index (χ2n) is 5.25. The fourth-order valence-electron chi connectivity index (χ4n) is 2.56. The van der Waals surface area contributed by atoms with Crippen LogP contribution in [0, 0.1) is 5.92 Å². The SMILES string of the molecule is CCCC(C)c1nn2c(c1Br)NCC(C(=O)OCC)C2. The maximum Gasteiger partial charge on any atom is 0.312 e. The molecule has 2 atom stereocenters. The summed E-state index contributed by atoms with van der Waals surface area (Å²) in [6, 6.07) is 0. The molecule has 2 unspecified atom stereocenters. The molecule has 6 heteroatoms. The molecule has 1 aromatic heterocycles. The lowest BCUT2D eigenvalue weighted by molar-refractivity contribution is -0.148. The Labute approximate surface area is 128 Å². The number of aromatic nitrogens is 2. The first-order valence-corrected chi connectivity index (χ1v) is 8.04. The summed E-state index contributed by atoms with van der Waals surface area (Å²) in [5.74, 6) is 1.07. The fraction of sp³-hybridized carbons (Fsp3) is 0.714. The number of nitrogens with one attached hydrogen (secondary N) is 1. The van der Waals surface area contributed by atoms with Crippen molar-refractivity contribution in [2.24, 2.45) is 5.92 Å². The minimum Gasteiger partial charge on any atom is -0.466 e. The molecule has 0 fully saturated rings. The van der Waals surface area contributed by atoms with Gasteiger partial charge in [-0.2, -0.15) is 5.10 Å². The highest BCUT2D eigenvalue weighted by molar-refractivity contribution is 9.10.